The fraction of sp³-hybridized carbons (Fsp3) is 0.464. The molecular weight excluding hydrogens is 587 g/mol. The molecule has 3 N–H and O–H groups in total. The molecule has 3 aromatic rings. The second-order valence-corrected chi connectivity index (χ2v) is 15.2. The number of aryl methyl sites for hydroxylation is 1. The number of thiophene rings is 2. The quantitative estimate of drug-likeness (QED) is 0.298. The first-order valence-corrected chi connectivity index (χ1v) is 16.5. The minimum absolute atomic E-state index is 0.0573. The highest BCUT2D eigenvalue weighted by Crippen LogP contribution is 2.35. The molecule has 2 amide bonds. The predicted octanol–water partition coefficient (Wildman–Crippen LogP) is 4.70. The number of carboxylic acids is 1. The van der Waals surface area contributed by atoms with E-state index in [2.05, 4.69) is 16.1 Å². The van der Waals surface area contributed by atoms with Gasteiger partial charge >= 0.3 is 12.1 Å². The normalized spacial score (nSPS) is 15.5. The van der Waals surface area contributed by atoms with Crippen molar-refractivity contribution in [2.75, 3.05) is 19.6 Å². The molecule has 1 saturated heterocycles. The molecule has 0 bridgehead atoms. The first-order valence-electron chi connectivity index (χ1n) is 13.4. The number of carbonyl (C=O) groups excluding carboxylic acids is 2. The summed E-state index contributed by atoms with van der Waals surface area (Å²) in [5.41, 5.74) is -0.496. The summed E-state index contributed by atoms with van der Waals surface area (Å²) < 4.78 is 33.6. The zero-order valence-electron chi connectivity index (χ0n) is 23.2. The Bertz CT molecular complexity index is 1450. The van der Waals surface area contributed by atoms with Crippen LogP contribution >= 0.6 is 22.7 Å². The molecule has 0 unspecified atom stereocenters. The maximum Gasteiger partial charge on any atom is 0.410 e. The lowest BCUT2D eigenvalue weighted by Crippen LogP contribution is -2.48. The fourth-order valence-electron chi connectivity index (χ4n) is 4.52. The standard InChI is InChI=1S/C28H35N3O7S3/c1-28(2,3)38-27(35)31-13-11-18(12-14-31)9-10-20-15-19-16-23(40-26(19)39-20)24(32)29-17-22(25(33)34)30-41(36,37)21-7-5-4-6-8-21/h4-8,15-16,18,22,30H,9-14,17H2,1-3H3,(H,29,32)(H,33,34)/t22-/m0/s1. The van der Waals surface area contributed by atoms with Gasteiger partial charge in [0.05, 0.1) is 13.8 Å². The molecule has 0 radical (unpaired) electrons. The van der Waals surface area contributed by atoms with Crippen molar-refractivity contribution in [3.8, 4) is 0 Å². The highest BCUT2D eigenvalue weighted by atomic mass is 32.2. The smallest absolute Gasteiger partial charge is 0.410 e. The van der Waals surface area contributed by atoms with Crippen LogP contribution in [0.3, 0.4) is 0 Å². The lowest BCUT2D eigenvalue weighted by molar-refractivity contribution is -0.138. The van der Waals surface area contributed by atoms with Crippen LogP contribution in [0.25, 0.3) is 9.40 Å². The Morgan fingerprint density at radius 3 is 2.39 bits per heavy atom. The maximum atomic E-state index is 12.7. The number of sulfonamides is 1. The summed E-state index contributed by atoms with van der Waals surface area (Å²) in [6, 6.07) is 9.79. The number of carbonyl (C=O) groups is 3. The molecule has 0 saturated carbocycles. The van der Waals surface area contributed by atoms with E-state index in [0.29, 0.717) is 23.9 Å². The molecule has 41 heavy (non-hydrogen) atoms. The van der Waals surface area contributed by atoms with E-state index >= 15 is 0 Å². The number of rotatable bonds is 10. The van der Waals surface area contributed by atoms with Crippen LogP contribution in [0.5, 0.6) is 0 Å². The van der Waals surface area contributed by atoms with Crippen LogP contribution in [0.4, 0.5) is 4.79 Å². The highest BCUT2D eigenvalue weighted by molar-refractivity contribution is 7.89. The van der Waals surface area contributed by atoms with Gasteiger partial charge in [0.15, 0.2) is 0 Å². The van der Waals surface area contributed by atoms with Gasteiger partial charge in [-0.25, -0.2) is 13.2 Å². The van der Waals surface area contributed by atoms with E-state index in [1.165, 1.54) is 40.5 Å². The zero-order chi connectivity index (χ0) is 29.8. The number of fused-ring (bicyclic) bond motifs is 1. The zero-order valence-corrected chi connectivity index (χ0v) is 25.7. The van der Waals surface area contributed by atoms with Crippen LogP contribution in [-0.4, -0.2) is 67.7 Å². The molecule has 0 aliphatic carbocycles. The summed E-state index contributed by atoms with van der Waals surface area (Å²) in [7, 11) is -4.06. The monoisotopic (exact) mass is 621 g/mol. The van der Waals surface area contributed by atoms with Gasteiger partial charge in [0.25, 0.3) is 5.91 Å². The molecule has 4 rings (SSSR count). The minimum atomic E-state index is -4.06. The molecule has 10 nitrogen and oxygen atoms in total. The lowest BCUT2D eigenvalue weighted by atomic mass is 9.92. The Hall–Kier alpha value is -3.00. The van der Waals surface area contributed by atoms with Crippen LogP contribution in [0, 0.1) is 5.92 Å². The summed E-state index contributed by atoms with van der Waals surface area (Å²) in [4.78, 5) is 40.1. The van der Waals surface area contributed by atoms with E-state index in [1.54, 1.807) is 28.4 Å². The Morgan fingerprint density at radius 2 is 1.78 bits per heavy atom. The molecular formula is C28H35N3O7S3. The van der Waals surface area contributed by atoms with Crippen LogP contribution in [0.2, 0.25) is 0 Å². The number of amides is 2. The van der Waals surface area contributed by atoms with Crippen molar-refractivity contribution in [1.82, 2.24) is 14.9 Å². The Morgan fingerprint density at radius 1 is 1.10 bits per heavy atom. The number of nitrogens with zero attached hydrogens (tertiary/aromatic N) is 1. The third-order valence-electron chi connectivity index (χ3n) is 6.67. The predicted molar refractivity (Wildman–Crippen MR) is 159 cm³/mol. The topological polar surface area (TPSA) is 142 Å². The van der Waals surface area contributed by atoms with Crippen molar-refractivity contribution in [2.24, 2.45) is 5.92 Å². The maximum absolute atomic E-state index is 12.7. The van der Waals surface area contributed by atoms with Crippen LogP contribution < -0.4 is 10.0 Å². The van der Waals surface area contributed by atoms with Crippen LogP contribution in [0.1, 0.15) is 54.6 Å². The first kappa shape index (κ1) is 30.9. The average molecular weight is 622 g/mol. The minimum Gasteiger partial charge on any atom is -0.480 e. The number of carboxylic acid groups (broad SMARTS) is 1. The number of hydrogen-bond acceptors (Lipinski definition) is 8. The molecule has 0 spiro atoms. The van der Waals surface area contributed by atoms with E-state index in [1.807, 2.05) is 20.8 Å². The summed E-state index contributed by atoms with van der Waals surface area (Å²) in [6.07, 6.45) is 3.59. The van der Waals surface area contributed by atoms with E-state index in [0.717, 1.165) is 35.1 Å². The molecule has 1 aliphatic heterocycles. The second-order valence-electron chi connectivity index (χ2n) is 11.1. The molecule has 1 fully saturated rings. The number of benzene rings is 1. The van der Waals surface area contributed by atoms with E-state index < -0.39 is 40.1 Å². The molecule has 1 atom stereocenters. The molecule has 2 aromatic heterocycles. The molecule has 222 valence electrons. The van der Waals surface area contributed by atoms with E-state index in [-0.39, 0.29) is 11.0 Å². The number of ether oxygens (including phenoxy) is 1. The van der Waals surface area contributed by atoms with E-state index in [9.17, 15) is 27.9 Å². The Kier molecular flexibility index (Phi) is 9.73. The Labute approximate surface area is 247 Å². The molecule has 1 aliphatic rings. The molecule has 3 heterocycles. The van der Waals surface area contributed by atoms with Gasteiger partial charge in [0.2, 0.25) is 10.0 Å². The van der Waals surface area contributed by atoms with Crippen molar-refractivity contribution in [3.63, 3.8) is 0 Å². The fourth-order valence-corrected chi connectivity index (χ4v) is 8.15. The summed E-state index contributed by atoms with van der Waals surface area (Å²) in [5, 5.41) is 13.0. The van der Waals surface area contributed by atoms with Gasteiger partial charge in [-0.2, -0.15) is 4.72 Å². The number of likely N-dealkylation sites (tertiary alicyclic amines) is 1. The summed E-state index contributed by atoms with van der Waals surface area (Å²) >= 11 is 2.97. The SMILES string of the molecule is CC(C)(C)OC(=O)N1CCC(CCc2cc3cc(C(=O)NC[C@H](NS(=O)(=O)c4ccccc4)C(=O)O)sc3s2)CC1. The van der Waals surface area contributed by atoms with Crippen molar-refractivity contribution >= 4 is 60.1 Å². The van der Waals surface area contributed by atoms with Gasteiger partial charge in [-0.05, 0) is 76.6 Å². The van der Waals surface area contributed by atoms with Gasteiger partial charge < -0.3 is 20.1 Å². The van der Waals surface area contributed by atoms with Crippen molar-refractivity contribution in [2.45, 2.75) is 63.0 Å². The van der Waals surface area contributed by atoms with Gasteiger partial charge in [0.1, 0.15) is 11.6 Å². The lowest BCUT2D eigenvalue weighted by Gasteiger charge is -2.33. The third-order valence-corrected chi connectivity index (χ3v) is 10.6. The van der Waals surface area contributed by atoms with Crippen molar-refractivity contribution in [1.29, 1.82) is 0 Å². The van der Waals surface area contributed by atoms with Gasteiger partial charge in [0, 0.05) is 29.9 Å². The van der Waals surface area contributed by atoms with E-state index in [4.69, 9.17) is 4.74 Å². The average Bonchev–Trinajstić information content (AvgIpc) is 3.48. The van der Waals surface area contributed by atoms with Crippen LogP contribution in [-0.2, 0) is 26.0 Å². The van der Waals surface area contributed by atoms with Gasteiger partial charge in [-0.1, -0.05) is 18.2 Å². The second kappa shape index (κ2) is 12.9. The summed E-state index contributed by atoms with van der Waals surface area (Å²) in [6.45, 7) is 6.61. The Balaban J connectivity index is 1.26. The largest absolute Gasteiger partial charge is 0.480 e. The first-order chi connectivity index (χ1) is 19.3. The number of hydrogen-bond donors (Lipinski definition) is 3. The highest BCUT2D eigenvalue weighted by Gasteiger charge is 2.28. The number of nitrogens with one attached hydrogen (secondary N) is 2. The molecule has 1 aromatic carbocycles. The van der Waals surface area contributed by atoms with Crippen molar-refractivity contribution < 1.29 is 32.6 Å². The van der Waals surface area contributed by atoms with Crippen LogP contribution in [0.15, 0.2) is 47.4 Å². The third kappa shape index (κ3) is 8.51. The summed E-state index contributed by atoms with van der Waals surface area (Å²) in [5.74, 6) is -1.31. The number of piperidine rings is 1. The number of aliphatic carboxylic acids is 1. The van der Waals surface area contributed by atoms with Gasteiger partial charge in [-0.3, -0.25) is 9.59 Å². The van der Waals surface area contributed by atoms with Gasteiger partial charge in [-0.15, -0.1) is 22.7 Å². The van der Waals surface area contributed by atoms with Crippen molar-refractivity contribution in [3.05, 3.63) is 52.2 Å². The molecule has 13 heteroatoms.